The van der Waals surface area contributed by atoms with Gasteiger partial charge in [0.2, 0.25) is 5.91 Å². The van der Waals surface area contributed by atoms with Crippen molar-refractivity contribution in [1.82, 2.24) is 10.6 Å². The first-order valence-corrected chi connectivity index (χ1v) is 11.4. The monoisotopic (exact) mass is 490 g/mol. The van der Waals surface area contributed by atoms with Gasteiger partial charge in [0, 0.05) is 24.5 Å². The molecule has 0 bridgehead atoms. The molecular formula is C27H30N4O5. The van der Waals surface area contributed by atoms with E-state index in [1.165, 1.54) is 14.0 Å². The van der Waals surface area contributed by atoms with Crippen molar-refractivity contribution in [1.29, 1.82) is 0 Å². The van der Waals surface area contributed by atoms with Crippen molar-refractivity contribution in [3.63, 3.8) is 0 Å². The standard InChI is InChI=1S/C27H30N4O5/c1-17-8-4-5-10-21(17)30-27(35)31-23-12-11-19(16-24(23)36-3)26(29-18(2)32)20-9-6-7-15-28-22(20)13-14-25(33)34/h4-12,15-16,26,28H,13-14H2,1-3H3,(H,29,32)(H,33,34)(H2,30,31,35). The third-order valence-corrected chi connectivity index (χ3v) is 5.54. The number of ether oxygens (including phenoxy) is 1. The van der Waals surface area contributed by atoms with E-state index in [0.717, 1.165) is 11.1 Å². The minimum atomic E-state index is -0.919. The van der Waals surface area contributed by atoms with Gasteiger partial charge in [0.25, 0.3) is 0 Å². The van der Waals surface area contributed by atoms with E-state index in [-0.39, 0.29) is 18.7 Å². The van der Waals surface area contributed by atoms with E-state index < -0.39 is 18.0 Å². The van der Waals surface area contributed by atoms with Crippen LogP contribution in [0.1, 0.15) is 36.9 Å². The predicted molar refractivity (Wildman–Crippen MR) is 139 cm³/mol. The number of amides is 3. The molecule has 5 N–H and O–H groups in total. The van der Waals surface area contributed by atoms with Gasteiger partial charge in [-0.1, -0.05) is 36.4 Å². The van der Waals surface area contributed by atoms with Gasteiger partial charge in [-0.25, -0.2) is 4.79 Å². The second kappa shape index (κ2) is 12.3. The lowest BCUT2D eigenvalue weighted by Crippen LogP contribution is -2.29. The van der Waals surface area contributed by atoms with Gasteiger partial charge in [0.1, 0.15) is 5.75 Å². The largest absolute Gasteiger partial charge is 0.495 e. The minimum Gasteiger partial charge on any atom is -0.495 e. The summed E-state index contributed by atoms with van der Waals surface area (Å²) in [5.74, 6) is -0.772. The maximum Gasteiger partial charge on any atom is 0.323 e. The van der Waals surface area contributed by atoms with Gasteiger partial charge in [-0.3, -0.25) is 9.59 Å². The summed E-state index contributed by atoms with van der Waals surface area (Å²) < 4.78 is 5.54. The lowest BCUT2D eigenvalue weighted by Gasteiger charge is -2.24. The Bertz CT molecular complexity index is 1230. The van der Waals surface area contributed by atoms with E-state index >= 15 is 0 Å². The highest BCUT2D eigenvalue weighted by molar-refractivity contribution is 6.01. The lowest BCUT2D eigenvalue weighted by molar-refractivity contribution is -0.137. The Morgan fingerprint density at radius 2 is 1.81 bits per heavy atom. The number of carbonyl (C=O) groups excluding carboxylic acids is 2. The fourth-order valence-electron chi connectivity index (χ4n) is 3.79. The first kappa shape index (κ1) is 26.1. The first-order valence-electron chi connectivity index (χ1n) is 11.4. The van der Waals surface area contributed by atoms with E-state index in [0.29, 0.717) is 28.4 Å². The van der Waals surface area contributed by atoms with Gasteiger partial charge in [-0.2, -0.15) is 0 Å². The van der Waals surface area contributed by atoms with E-state index in [1.807, 2.05) is 43.3 Å². The molecule has 3 rings (SSSR count). The number of methoxy groups -OCH3 is 1. The number of aliphatic carboxylic acids is 1. The topological polar surface area (TPSA) is 129 Å². The first-order chi connectivity index (χ1) is 17.3. The number of nitrogens with one attached hydrogen (secondary N) is 4. The molecule has 188 valence electrons. The number of aryl methyl sites for hydroxylation is 1. The Morgan fingerprint density at radius 1 is 1.06 bits per heavy atom. The maximum absolute atomic E-state index is 12.6. The highest BCUT2D eigenvalue weighted by atomic mass is 16.5. The third kappa shape index (κ3) is 6.99. The van der Waals surface area contributed by atoms with Crippen LogP contribution in [0.4, 0.5) is 16.2 Å². The summed E-state index contributed by atoms with van der Waals surface area (Å²) in [6, 6.07) is 11.6. The quantitative estimate of drug-likeness (QED) is 0.349. The molecule has 1 unspecified atom stereocenters. The number of carbonyl (C=O) groups is 3. The molecule has 0 fully saturated rings. The second-order valence-corrected chi connectivity index (χ2v) is 8.18. The van der Waals surface area contributed by atoms with Crippen LogP contribution in [0.2, 0.25) is 0 Å². The zero-order chi connectivity index (χ0) is 26.1. The molecule has 1 aliphatic heterocycles. The molecular weight excluding hydrogens is 460 g/mol. The van der Waals surface area contributed by atoms with Gasteiger partial charge in [0.05, 0.1) is 25.3 Å². The summed E-state index contributed by atoms with van der Waals surface area (Å²) in [5.41, 5.74) is 4.17. The summed E-state index contributed by atoms with van der Waals surface area (Å²) in [4.78, 5) is 35.9. The van der Waals surface area contributed by atoms with Gasteiger partial charge >= 0.3 is 12.0 Å². The molecule has 1 aliphatic rings. The molecule has 0 saturated heterocycles. The van der Waals surface area contributed by atoms with Gasteiger partial charge in [0.15, 0.2) is 0 Å². The maximum atomic E-state index is 12.6. The van der Waals surface area contributed by atoms with Crippen molar-refractivity contribution in [3.05, 3.63) is 89.3 Å². The molecule has 0 saturated carbocycles. The number of urea groups is 1. The average molecular weight is 491 g/mol. The number of hydrogen-bond donors (Lipinski definition) is 5. The zero-order valence-electron chi connectivity index (χ0n) is 20.4. The summed E-state index contributed by atoms with van der Waals surface area (Å²) in [6.45, 7) is 3.32. The van der Waals surface area contributed by atoms with Gasteiger partial charge in [-0.15, -0.1) is 0 Å². The molecule has 0 radical (unpaired) electrons. The number of para-hydroxylation sites is 1. The molecule has 0 spiro atoms. The number of carboxylic acids is 1. The predicted octanol–water partition coefficient (Wildman–Crippen LogP) is 4.62. The SMILES string of the molecule is COc1cc(C(NC(C)=O)C2=C(CCC(=O)O)NC=CC=C2)ccc1NC(=O)Nc1ccccc1C. The fourth-order valence-corrected chi connectivity index (χ4v) is 3.79. The van der Waals surface area contributed by atoms with Crippen LogP contribution in [0.25, 0.3) is 0 Å². The van der Waals surface area contributed by atoms with Crippen LogP contribution in [0, 0.1) is 6.92 Å². The van der Waals surface area contributed by atoms with E-state index in [9.17, 15) is 14.4 Å². The Kier molecular flexibility index (Phi) is 8.88. The average Bonchev–Trinajstić information content (AvgIpc) is 3.08. The molecule has 1 heterocycles. The van der Waals surface area contributed by atoms with Crippen LogP contribution in [0.15, 0.2) is 78.2 Å². The fraction of sp³-hybridized carbons (Fsp3) is 0.222. The Labute approximate surface area is 209 Å². The second-order valence-electron chi connectivity index (χ2n) is 8.18. The summed E-state index contributed by atoms with van der Waals surface area (Å²) in [7, 11) is 1.49. The molecule has 3 amide bonds. The molecule has 1 atom stereocenters. The van der Waals surface area contributed by atoms with E-state index in [1.54, 1.807) is 30.5 Å². The van der Waals surface area contributed by atoms with Crippen LogP contribution < -0.4 is 26.0 Å². The van der Waals surface area contributed by atoms with Crippen molar-refractivity contribution < 1.29 is 24.2 Å². The molecule has 9 nitrogen and oxygen atoms in total. The number of hydrogen-bond acceptors (Lipinski definition) is 5. The minimum absolute atomic E-state index is 0.0670. The van der Waals surface area contributed by atoms with Gasteiger partial charge in [-0.05, 0) is 54.3 Å². The zero-order valence-corrected chi connectivity index (χ0v) is 20.4. The molecule has 0 aliphatic carbocycles. The van der Waals surface area contributed by atoms with Crippen LogP contribution >= 0.6 is 0 Å². The van der Waals surface area contributed by atoms with Crippen molar-refractivity contribution in [2.45, 2.75) is 32.7 Å². The third-order valence-electron chi connectivity index (χ3n) is 5.54. The number of anilines is 2. The Morgan fingerprint density at radius 3 is 2.50 bits per heavy atom. The van der Waals surface area contributed by atoms with Crippen molar-refractivity contribution >= 4 is 29.3 Å². The number of benzene rings is 2. The van der Waals surface area contributed by atoms with Gasteiger partial charge < -0.3 is 31.1 Å². The summed E-state index contributed by atoms with van der Waals surface area (Å²) in [5, 5.41) is 20.9. The summed E-state index contributed by atoms with van der Waals surface area (Å²) >= 11 is 0. The molecule has 9 heteroatoms. The Hall–Kier alpha value is -4.53. The lowest BCUT2D eigenvalue weighted by atomic mass is 9.94. The number of allylic oxidation sites excluding steroid dienone is 3. The summed E-state index contributed by atoms with van der Waals surface area (Å²) in [6.07, 6.45) is 7.34. The molecule has 2 aromatic carbocycles. The van der Waals surface area contributed by atoms with E-state index in [2.05, 4.69) is 21.3 Å². The van der Waals surface area contributed by atoms with Crippen molar-refractivity contribution in [2.75, 3.05) is 17.7 Å². The smallest absolute Gasteiger partial charge is 0.323 e. The highest BCUT2D eigenvalue weighted by Gasteiger charge is 2.22. The van der Waals surface area contributed by atoms with Crippen LogP contribution in [-0.2, 0) is 9.59 Å². The molecule has 0 aromatic heterocycles. The number of carboxylic acid groups (broad SMARTS) is 1. The van der Waals surface area contributed by atoms with E-state index in [4.69, 9.17) is 9.84 Å². The van der Waals surface area contributed by atoms with Crippen LogP contribution in [0.5, 0.6) is 5.75 Å². The Balaban J connectivity index is 1.92. The highest BCUT2D eigenvalue weighted by Crippen LogP contribution is 2.33. The van der Waals surface area contributed by atoms with Crippen molar-refractivity contribution in [3.8, 4) is 5.75 Å². The molecule has 36 heavy (non-hydrogen) atoms. The van der Waals surface area contributed by atoms with Crippen molar-refractivity contribution in [2.24, 2.45) is 0 Å². The normalized spacial score (nSPS) is 13.3. The molecule has 2 aromatic rings. The number of rotatable bonds is 9. The van der Waals surface area contributed by atoms with Crippen LogP contribution in [0.3, 0.4) is 0 Å². The van der Waals surface area contributed by atoms with Crippen LogP contribution in [-0.4, -0.2) is 30.1 Å².